The van der Waals surface area contributed by atoms with E-state index < -0.39 is 0 Å². The second kappa shape index (κ2) is 10.5. The van der Waals surface area contributed by atoms with E-state index in [1.807, 2.05) is 6.92 Å². The topological polar surface area (TPSA) is 71.7 Å². The fourth-order valence-electron chi connectivity index (χ4n) is 2.20. The Morgan fingerprint density at radius 2 is 2.00 bits per heavy atom. The molecule has 0 amide bonds. The summed E-state index contributed by atoms with van der Waals surface area (Å²) in [6.07, 6.45) is 3.25. The standard InChI is InChI=1S/C18H25FN4O2/c1-3-24-12-4-10-21-18(20-2)22-11-9-16-13-25-17(23-16)14-5-7-15(19)8-6-14/h5-8,13H,3-4,9-12H2,1-2H3,(H2,20,21,22). The van der Waals surface area contributed by atoms with Gasteiger partial charge >= 0.3 is 0 Å². The zero-order valence-corrected chi connectivity index (χ0v) is 14.7. The van der Waals surface area contributed by atoms with Crippen LogP contribution in [-0.2, 0) is 11.2 Å². The van der Waals surface area contributed by atoms with Crippen molar-refractivity contribution in [1.29, 1.82) is 0 Å². The summed E-state index contributed by atoms with van der Waals surface area (Å²) in [4.78, 5) is 8.60. The molecule has 0 atom stereocenters. The molecule has 136 valence electrons. The molecule has 2 rings (SSSR count). The Morgan fingerprint density at radius 3 is 2.72 bits per heavy atom. The second-order valence-electron chi connectivity index (χ2n) is 5.38. The molecule has 0 spiro atoms. The minimum absolute atomic E-state index is 0.278. The van der Waals surface area contributed by atoms with Gasteiger partial charge in [-0.1, -0.05) is 0 Å². The number of aliphatic imine (C=N–C) groups is 1. The summed E-state index contributed by atoms with van der Waals surface area (Å²) in [5.74, 6) is 0.965. The van der Waals surface area contributed by atoms with E-state index in [0.29, 0.717) is 18.9 Å². The van der Waals surface area contributed by atoms with E-state index in [0.717, 1.165) is 43.4 Å². The SMILES string of the molecule is CCOCCCNC(=NC)NCCc1coc(-c2ccc(F)cc2)n1. The van der Waals surface area contributed by atoms with Gasteiger partial charge in [-0.3, -0.25) is 4.99 Å². The van der Waals surface area contributed by atoms with Gasteiger partial charge in [0.2, 0.25) is 5.89 Å². The number of aromatic nitrogens is 1. The molecule has 0 aliphatic rings. The highest BCUT2D eigenvalue weighted by molar-refractivity contribution is 5.79. The number of hydrogen-bond acceptors (Lipinski definition) is 4. The smallest absolute Gasteiger partial charge is 0.226 e. The van der Waals surface area contributed by atoms with Gasteiger partial charge < -0.3 is 19.8 Å². The molecule has 0 bridgehead atoms. The van der Waals surface area contributed by atoms with Crippen LogP contribution in [0.1, 0.15) is 19.0 Å². The van der Waals surface area contributed by atoms with Crippen molar-refractivity contribution >= 4 is 5.96 Å². The molecule has 25 heavy (non-hydrogen) atoms. The Bertz CT molecular complexity index is 655. The summed E-state index contributed by atoms with van der Waals surface area (Å²) < 4.78 is 23.7. The molecule has 0 saturated heterocycles. The van der Waals surface area contributed by atoms with Gasteiger partial charge in [0.15, 0.2) is 5.96 Å². The van der Waals surface area contributed by atoms with Gasteiger partial charge in [-0.2, -0.15) is 0 Å². The van der Waals surface area contributed by atoms with E-state index in [1.54, 1.807) is 25.4 Å². The number of ether oxygens (including phenoxy) is 1. The first kappa shape index (κ1) is 18.9. The summed E-state index contributed by atoms with van der Waals surface area (Å²) in [6, 6.07) is 6.08. The minimum Gasteiger partial charge on any atom is -0.444 e. The number of guanidine groups is 1. The highest BCUT2D eigenvalue weighted by atomic mass is 19.1. The lowest BCUT2D eigenvalue weighted by molar-refractivity contribution is 0.145. The van der Waals surface area contributed by atoms with Gasteiger partial charge in [0.05, 0.1) is 5.69 Å². The van der Waals surface area contributed by atoms with Crippen molar-refractivity contribution in [2.24, 2.45) is 4.99 Å². The predicted molar refractivity (Wildman–Crippen MR) is 96.1 cm³/mol. The molecule has 7 heteroatoms. The van der Waals surface area contributed by atoms with Crippen molar-refractivity contribution in [1.82, 2.24) is 15.6 Å². The van der Waals surface area contributed by atoms with Crippen LogP contribution in [0.25, 0.3) is 11.5 Å². The summed E-state index contributed by atoms with van der Waals surface area (Å²) in [7, 11) is 1.74. The normalized spacial score (nSPS) is 11.6. The zero-order valence-electron chi connectivity index (χ0n) is 14.7. The molecule has 0 aliphatic carbocycles. The number of rotatable bonds is 9. The Hall–Kier alpha value is -2.41. The van der Waals surface area contributed by atoms with Crippen LogP contribution in [0.3, 0.4) is 0 Å². The molecule has 6 nitrogen and oxygen atoms in total. The zero-order chi connectivity index (χ0) is 17.9. The quantitative estimate of drug-likeness (QED) is 0.414. The van der Waals surface area contributed by atoms with Gasteiger partial charge in [-0.25, -0.2) is 9.37 Å². The maximum atomic E-state index is 12.9. The third-order valence-corrected chi connectivity index (χ3v) is 3.50. The van der Waals surface area contributed by atoms with Crippen molar-refractivity contribution in [3.63, 3.8) is 0 Å². The van der Waals surface area contributed by atoms with Crippen molar-refractivity contribution in [2.75, 3.05) is 33.4 Å². The molecule has 1 heterocycles. The van der Waals surface area contributed by atoms with Crippen LogP contribution in [0.2, 0.25) is 0 Å². The molecule has 0 unspecified atom stereocenters. The molecule has 0 fully saturated rings. The lowest BCUT2D eigenvalue weighted by Crippen LogP contribution is -2.39. The third-order valence-electron chi connectivity index (χ3n) is 3.50. The van der Waals surface area contributed by atoms with E-state index in [9.17, 15) is 4.39 Å². The first-order valence-electron chi connectivity index (χ1n) is 8.45. The van der Waals surface area contributed by atoms with E-state index >= 15 is 0 Å². The number of hydrogen-bond donors (Lipinski definition) is 2. The molecule has 2 aromatic rings. The van der Waals surface area contributed by atoms with Crippen LogP contribution in [0.15, 0.2) is 39.9 Å². The van der Waals surface area contributed by atoms with Gasteiger partial charge in [0.25, 0.3) is 0 Å². The second-order valence-corrected chi connectivity index (χ2v) is 5.38. The highest BCUT2D eigenvalue weighted by Crippen LogP contribution is 2.18. The fourth-order valence-corrected chi connectivity index (χ4v) is 2.20. The minimum atomic E-state index is -0.278. The predicted octanol–water partition coefficient (Wildman–Crippen LogP) is 2.61. The highest BCUT2D eigenvalue weighted by Gasteiger charge is 2.07. The molecular weight excluding hydrogens is 323 g/mol. The van der Waals surface area contributed by atoms with Crippen molar-refractivity contribution < 1.29 is 13.5 Å². The number of nitrogens with zero attached hydrogens (tertiary/aromatic N) is 2. The maximum absolute atomic E-state index is 12.9. The number of nitrogens with one attached hydrogen (secondary N) is 2. The molecule has 0 radical (unpaired) electrons. The van der Waals surface area contributed by atoms with Crippen molar-refractivity contribution in [3.05, 3.63) is 42.0 Å². The van der Waals surface area contributed by atoms with Gasteiger partial charge in [0, 0.05) is 45.3 Å². The average molecular weight is 348 g/mol. The Morgan fingerprint density at radius 1 is 1.24 bits per heavy atom. The molecule has 0 saturated carbocycles. The largest absolute Gasteiger partial charge is 0.444 e. The molecule has 1 aromatic heterocycles. The van der Waals surface area contributed by atoms with Crippen LogP contribution in [0.5, 0.6) is 0 Å². The Labute approximate surface area is 147 Å². The van der Waals surface area contributed by atoms with E-state index in [2.05, 4.69) is 20.6 Å². The number of benzene rings is 1. The van der Waals surface area contributed by atoms with Crippen LogP contribution >= 0.6 is 0 Å². The van der Waals surface area contributed by atoms with Crippen molar-refractivity contribution in [2.45, 2.75) is 19.8 Å². The van der Waals surface area contributed by atoms with Crippen LogP contribution in [0, 0.1) is 5.82 Å². The van der Waals surface area contributed by atoms with Crippen LogP contribution in [0.4, 0.5) is 4.39 Å². The summed E-state index contributed by atoms with van der Waals surface area (Å²) in [5.41, 5.74) is 1.59. The fraction of sp³-hybridized carbons (Fsp3) is 0.444. The summed E-state index contributed by atoms with van der Waals surface area (Å²) in [6.45, 7) is 4.95. The average Bonchev–Trinajstić information content (AvgIpc) is 3.09. The summed E-state index contributed by atoms with van der Waals surface area (Å²) >= 11 is 0. The molecule has 2 N–H and O–H groups in total. The maximum Gasteiger partial charge on any atom is 0.226 e. The van der Waals surface area contributed by atoms with Crippen LogP contribution in [-0.4, -0.2) is 44.3 Å². The number of oxazole rings is 1. The lowest BCUT2D eigenvalue weighted by Gasteiger charge is -2.11. The van der Waals surface area contributed by atoms with Crippen LogP contribution < -0.4 is 10.6 Å². The lowest BCUT2D eigenvalue weighted by atomic mass is 10.2. The van der Waals surface area contributed by atoms with Gasteiger partial charge in [-0.15, -0.1) is 0 Å². The third kappa shape index (κ3) is 6.54. The first-order chi connectivity index (χ1) is 12.2. The van der Waals surface area contributed by atoms with E-state index in [4.69, 9.17) is 9.15 Å². The first-order valence-corrected chi connectivity index (χ1v) is 8.45. The number of halogens is 1. The molecular formula is C18H25FN4O2. The van der Waals surface area contributed by atoms with Gasteiger partial charge in [-0.05, 0) is 37.6 Å². The Kier molecular flexibility index (Phi) is 7.91. The van der Waals surface area contributed by atoms with E-state index in [1.165, 1.54) is 12.1 Å². The monoisotopic (exact) mass is 348 g/mol. The van der Waals surface area contributed by atoms with Crippen molar-refractivity contribution in [3.8, 4) is 11.5 Å². The molecule has 0 aliphatic heterocycles. The molecule has 1 aromatic carbocycles. The van der Waals surface area contributed by atoms with Gasteiger partial charge in [0.1, 0.15) is 12.1 Å². The summed E-state index contributed by atoms with van der Waals surface area (Å²) in [5, 5.41) is 6.46. The Balaban J connectivity index is 1.73. The van der Waals surface area contributed by atoms with E-state index in [-0.39, 0.29) is 5.82 Å².